The summed E-state index contributed by atoms with van der Waals surface area (Å²) in [4.78, 5) is 22.4. The highest BCUT2D eigenvalue weighted by atomic mass is 35.5. The van der Waals surface area contributed by atoms with Crippen LogP contribution in [0.5, 0.6) is 0 Å². The van der Waals surface area contributed by atoms with Crippen LogP contribution in [0.4, 0.5) is 5.69 Å². The van der Waals surface area contributed by atoms with Gasteiger partial charge in [0.1, 0.15) is 0 Å². The van der Waals surface area contributed by atoms with Crippen molar-refractivity contribution < 1.29 is 14.5 Å². The first-order valence-corrected chi connectivity index (χ1v) is 6.63. The van der Waals surface area contributed by atoms with Gasteiger partial charge in [0.15, 0.2) is 0 Å². The van der Waals surface area contributed by atoms with Crippen molar-refractivity contribution in [1.29, 1.82) is 0 Å². The summed E-state index contributed by atoms with van der Waals surface area (Å²) in [6.07, 6.45) is 0.565. The van der Waals surface area contributed by atoms with Crippen LogP contribution >= 0.6 is 11.6 Å². The Morgan fingerprint density at radius 3 is 2.80 bits per heavy atom. The minimum absolute atomic E-state index is 0.110. The zero-order valence-electron chi connectivity index (χ0n) is 11.4. The number of nitrogens with zero attached hydrogens (tertiary/aromatic N) is 1. The van der Waals surface area contributed by atoms with Gasteiger partial charge in [-0.1, -0.05) is 6.07 Å². The first-order valence-electron chi connectivity index (χ1n) is 6.10. The zero-order chi connectivity index (χ0) is 15.1. The molecule has 0 aliphatic heterocycles. The van der Waals surface area contributed by atoms with Crippen molar-refractivity contribution in [3.63, 3.8) is 0 Å². The molecule has 7 heteroatoms. The summed E-state index contributed by atoms with van der Waals surface area (Å²) < 4.78 is 5.00. The van der Waals surface area contributed by atoms with Gasteiger partial charge in [-0.25, -0.2) is 0 Å². The van der Waals surface area contributed by atoms with Crippen LogP contribution in [0.1, 0.15) is 22.3 Å². The molecule has 0 fully saturated rings. The number of halogens is 1. The number of rotatable bonds is 7. The summed E-state index contributed by atoms with van der Waals surface area (Å²) in [5, 5.41) is 13.5. The van der Waals surface area contributed by atoms with Gasteiger partial charge in [-0.2, -0.15) is 0 Å². The molecule has 20 heavy (non-hydrogen) atoms. The van der Waals surface area contributed by atoms with E-state index in [9.17, 15) is 14.9 Å². The standard InChI is InChI=1S/C13H17ClN2O4/c1-9-3-4-11(16(18)19)7-12(9)13(17)15-10(5-6-14)8-20-2/h3-4,7,10H,5-6,8H2,1-2H3,(H,15,17). The predicted molar refractivity (Wildman–Crippen MR) is 76.3 cm³/mol. The van der Waals surface area contributed by atoms with Crippen LogP contribution in [0.15, 0.2) is 18.2 Å². The normalized spacial score (nSPS) is 11.9. The van der Waals surface area contributed by atoms with Crippen LogP contribution < -0.4 is 5.32 Å². The number of aryl methyl sites for hydroxylation is 1. The van der Waals surface area contributed by atoms with Gasteiger partial charge in [-0.15, -0.1) is 11.6 Å². The van der Waals surface area contributed by atoms with E-state index in [-0.39, 0.29) is 23.2 Å². The molecule has 1 aromatic carbocycles. The largest absolute Gasteiger partial charge is 0.383 e. The van der Waals surface area contributed by atoms with Crippen LogP contribution in [0.25, 0.3) is 0 Å². The number of nitrogens with one attached hydrogen (secondary N) is 1. The average Bonchev–Trinajstić information content (AvgIpc) is 2.39. The van der Waals surface area contributed by atoms with Gasteiger partial charge in [-0.05, 0) is 18.9 Å². The fourth-order valence-corrected chi connectivity index (χ4v) is 2.02. The molecule has 0 spiro atoms. The van der Waals surface area contributed by atoms with Crippen molar-refractivity contribution in [2.75, 3.05) is 19.6 Å². The second-order valence-corrected chi connectivity index (χ2v) is 4.74. The molecule has 0 saturated heterocycles. The van der Waals surface area contributed by atoms with Crippen LogP contribution in [0.2, 0.25) is 0 Å². The van der Waals surface area contributed by atoms with Crippen LogP contribution in [-0.4, -0.2) is 36.5 Å². The van der Waals surface area contributed by atoms with E-state index in [0.29, 0.717) is 24.5 Å². The van der Waals surface area contributed by atoms with E-state index in [1.165, 1.54) is 19.2 Å². The molecular formula is C13H17ClN2O4. The number of non-ortho nitro benzene ring substituents is 1. The molecule has 1 N–H and O–H groups in total. The molecule has 1 aromatic rings. The van der Waals surface area contributed by atoms with E-state index < -0.39 is 4.92 Å². The Morgan fingerprint density at radius 2 is 2.25 bits per heavy atom. The average molecular weight is 301 g/mol. The fraction of sp³-hybridized carbons (Fsp3) is 0.462. The topological polar surface area (TPSA) is 81.5 Å². The number of hydrogen-bond donors (Lipinski definition) is 1. The minimum atomic E-state index is -0.526. The van der Waals surface area contributed by atoms with Crippen molar-refractivity contribution >= 4 is 23.2 Å². The molecule has 110 valence electrons. The third kappa shape index (κ3) is 4.47. The number of amides is 1. The number of carbonyl (C=O) groups excluding carboxylic acids is 1. The molecule has 1 amide bonds. The quantitative estimate of drug-likeness (QED) is 0.476. The van der Waals surface area contributed by atoms with Gasteiger partial charge >= 0.3 is 0 Å². The molecule has 0 aliphatic rings. The zero-order valence-corrected chi connectivity index (χ0v) is 12.1. The SMILES string of the molecule is COCC(CCCl)NC(=O)c1cc([N+](=O)[O-])ccc1C. The third-order valence-corrected chi connectivity index (χ3v) is 3.06. The lowest BCUT2D eigenvalue weighted by molar-refractivity contribution is -0.384. The van der Waals surface area contributed by atoms with Gasteiger partial charge in [-0.3, -0.25) is 14.9 Å². The molecule has 1 unspecified atom stereocenters. The van der Waals surface area contributed by atoms with Crippen LogP contribution in [-0.2, 0) is 4.74 Å². The molecule has 0 aromatic heterocycles. The van der Waals surface area contributed by atoms with Gasteiger partial charge < -0.3 is 10.1 Å². The van der Waals surface area contributed by atoms with Gasteiger partial charge in [0.25, 0.3) is 11.6 Å². The van der Waals surface area contributed by atoms with Gasteiger partial charge in [0.05, 0.1) is 17.6 Å². The van der Waals surface area contributed by atoms with Crippen LogP contribution in [0.3, 0.4) is 0 Å². The van der Waals surface area contributed by atoms with Crippen LogP contribution in [0, 0.1) is 17.0 Å². The maximum Gasteiger partial charge on any atom is 0.270 e. The van der Waals surface area contributed by atoms with Crippen molar-refractivity contribution in [2.45, 2.75) is 19.4 Å². The molecule has 0 heterocycles. The fourth-order valence-electron chi connectivity index (χ4n) is 1.76. The Kier molecular flexibility index (Phi) is 6.41. The van der Waals surface area contributed by atoms with E-state index >= 15 is 0 Å². The Hall–Kier alpha value is -1.66. The highest BCUT2D eigenvalue weighted by Crippen LogP contribution is 2.17. The molecule has 1 rings (SSSR count). The first-order chi connectivity index (χ1) is 9.49. The number of hydrogen-bond acceptors (Lipinski definition) is 4. The minimum Gasteiger partial charge on any atom is -0.383 e. The highest BCUT2D eigenvalue weighted by molar-refractivity contribution is 6.17. The third-order valence-electron chi connectivity index (χ3n) is 2.84. The molecule has 6 nitrogen and oxygen atoms in total. The summed E-state index contributed by atoms with van der Waals surface area (Å²) >= 11 is 5.66. The van der Waals surface area contributed by atoms with Gasteiger partial charge in [0.2, 0.25) is 0 Å². The maximum absolute atomic E-state index is 12.2. The number of methoxy groups -OCH3 is 1. The number of nitro groups is 1. The number of carbonyl (C=O) groups is 1. The summed E-state index contributed by atoms with van der Waals surface area (Å²) in [6.45, 7) is 2.07. The summed E-state index contributed by atoms with van der Waals surface area (Å²) in [5.41, 5.74) is 0.853. The monoisotopic (exact) mass is 300 g/mol. The Labute approximate surface area is 122 Å². The lowest BCUT2D eigenvalue weighted by Crippen LogP contribution is -2.38. The molecule has 0 aliphatic carbocycles. The van der Waals surface area contributed by atoms with Crippen molar-refractivity contribution in [3.8, 4) is 0 Å². The summed E-state index contributed by atoms with van der Waals surface area (Å²) in [5.74, 6) is 0.0285. The molecule has 0 radical (unpaired) electrons. The number of benzene rings is 1. The Balaban J connectivity index is 2.90. The maximum atomic E-state index is 12.2. The predicted octanol–water partition coefficient (Wildman–Crippen LogP) is 2.28. The number of alkyl halides is 1. The highest BCUT2D eigenvalue weighted by Gasteiger charge is 2.17. The number of nitro benzene ring substituents is 1. The molecule has 0 bridgehead atoms. The smallest absolute Gasteiger partial charge is 0.270 e. The van der Waals surface area contributed by atoms with E-state index in [1.807, 2.05) is 0 Å². The van der Waals surface area contributed by atoms with E-state index in [1.54, 1.807) is 13.0 Å². The van der Waals surface area contributed by atoms with E-state index in [0.717, 1.165) is 0 Å². The summed E-state index contributed by atoms with van der Waals surface area (Å²) in [6, 6.07) is 3.98. The molecule has 0 saturated carbocycles. The molecular weight excluding hydrogens is 284 g/mol. The second kappa shape index (κ2) is 7.81. The molecule has 1 atom stereocenters. The second-order valence-electron chi connectivity index (χ2n) is 4.36. The summed E-state index contributed by atoms with van der Waals surface area (Å²) in [7, 11) is 1.53. The first kappa shape index (κ1) is 16.4. The van der Waals surface area contributed by atoms with E-state index in [4.69, 9.17) is 16.3 Å². The lowest BCUT2D eigenvalue weighted by atomic mass is 10.1. The lowest BCUT2D eigenvalue weighted by Gasteiger charge is -2.17. The number of ether oxygens (including phenoxy) is 1. The van der Waals surface area contributed by atoms with Crippen molar-refractivity contribution in [2.24, 2.45) is 0 Å². The van der Waals surface area contributed by atoms with Gasteiger partial charge in [0, 0.05) is 30.7 Å². The Morgan fingerprint density at radius 1 is 1.55 bits per heavy atom. The van der Waals surface area contributed by atoms with E-state index in [2.05, 4.69) is 5.32 Å². The van der Waals surface area contributed by atoms with Crippen molar-refractivity contribution in [1.82, 2.24) is 5.32 Å². The van der Waals surface area contributed by atoms with Crippen molar-refractivity contribution in [3.05, 3.63) is 39.4 Å². The Bertz CT molecular complexity index is 487.